The average molecular weight is 431 g/mol. The fourth-order valence-corrected chi connectivity index (χ4v) is 3.48. The molecule has 1 aliphatic heterocycles. The number of amides is 1. The quantitative estimate of drug-likeness (QED) is 0.756. The first-order valence-electron chi connectivity index (χ1n) is 8.54. The molecule has 1 aliphatic rings. The molecule has 0 unspecified atom stereocenters. The Morgan fingerprint density at radius 1 is 0.926 bits per heavy atom. The molecule has 2 aromatic rings. The summed E-state index contributed by atoms with van der Waals surface area (Å²) in [4.78, 5) is 16.6. The van der Waals surface area contributed by atoms with E-state index in [2.05, 4.69) is 15.1 Å². The molecule has 2 aromatic carbocycles. The predicted octanol–water partition coefficient (Wildman–Crippen LogP) is 4.54. The molecule has 1 heterocycles. The number of halogens is 4. The summed E-state index contributed by atoms with van der Waals surface area (Å²) in [6, 6.07) is 9.80. The molecular formula is C19H19Cl3FN3O. The van der Waals surface area contributed by atoms with Gasteiger partial charge in [-0.3, -0.25) is 14.6 Å². The van der Waals surface area contributed by atoms with E-state index in [4.69, 9.17) is 34.8 Å². The van der Waals surface area contributed by atoms with Crippen LogP contribution in [0.25, 0.3) is 0 Å². The summed E-state index contributed by atoms with van der Waals surface area (Å²) < 4.78 is 13.2. The Kier molecular flexibility index (Phi) is 6.95. The van der Waals surface area contributed by atoms with Crippen molar-refractivity contribution >= 4 is 46.4 Å². The van der Waals surface area contributed by atoms with E-state index in [1.165, 1.54) is 18.2 Å². The van der Waals surface area contributed by atoms with Gasteiger partial charge in [0, 0.05) is 38.4 Å². The molecule has 0 atom stereocenters. The number of hydrogen-bond acceptors (Lipinski definition) is 3. The van der Waals surface area contributed by atoms with Crippen LogP contribution in [0.5, 0.6) is 0 Å². The van der Waals surface area contributed by atoms with Crippen molar-refractivity contribution in [2.24, 2.45) is 0 Å². The maximum Gasteiger partial charge on any atom is 0.238 e. The molecule has 0 radical (unpaired) electrons. The molecular weight excluding hydrogens is 412 g/mol. The van der Waals surface area contributed by atoms with E-state index in [-0.39, 0.29) is 17.5 Å². The third-order valence-electron chi connectivity index (χ3n) is 4.43. The number of rotatable bonds is 5. The lowest BCUT2D eigenvalue weighted by atomic mass is 10.2. The molecule has 3 rings (SSSR count). The Morgan fingerprint density at radius 2 is 1.63 bits per heavy atom. The maximum absolute atomic E-state index is 13.2. The molecule has 0 saturated carbocycles. The molecule has 0 spiro atoms. The fraction of sp³-hybridized carbons (Fsp3) is 0.316. The summed E-state index contributed by atoms with van der Waals surface area (Å²) in [6.07, 6.45) is 0. The average Bonchev–Trinajstić information content (AvgIpc) is 2.63. The van der Waals surface area contributed by atoms with Gasteiger partial charge < -0.3 is 5.32 Å². The van der Waals surface area contributed by atoms with Gasteiger partial charge >= 0.3 is 0 Å². The third kappa shape index (κ3) is 5.80. The zero-order chi connectivity index (χ0) is 19.4. The molecule has 4 nitrogen and oxygen atoms in total. The van der Waals surface area contributed by atoms with Crippen molar-refractivity contribution in [3.8, 4) is 0 Å². The highest BCUT2D eigenvalue weighted by atomic mass is 35.5. The lowest BCUT2D eigenvalue weighted by Gasteiger charge is -2.34. The minimum absolute atomic E-state index is 0.0104. The molecule has 1 amide bonds. The first-order chi connectivity index (χ1) is 12.9. The molecule has 1 N–H and O–H groups in total. The van der Waals surface area contributed by atoms with E-state index in [1.54, 1.807) is 0 Å². The second-order valence-corrected chi connectivity index (χ2v) is 7.70. The Labute approximate surface area is 172 Å². The van der Waals surface area contributed by atoms with Crippen molar-refractivity contribution in [3.63, 3.8) is 0 Å². The van der Waals surface area contributed by atoms with Gasteiger partial charge in [0.2, 0.25) is 5.91 Å². The van der Waals surface area contributed by atoms with Gasteiger partial charge in [-0.15, -0.1) is 0 Å². The standard InChI is InChI=1S/C19H19Cl3FN3O/c20-15-3-1-13(9-16(15)21)11-25-5-7-26(8-6-25)12-19(27)24-14-2-4-18(23)17(22)10-14/h1-4,9-10H,5-8,11-12H2,(H,24,27). The van der Waals surface area contributed by atoms with Gasteiger partial charge in [0.15, 0.2) is 0 Å². The van der Waals surface area contributed by atoms with Gasteiger partial charge in [-0.25, -0.2) is 4.39 Å². The van der Waals surface area contributed by atoms with Crippen molar-refractivity contribution in [3.05, 3.63) is 62.8 Å². The summed E-state index contributed by atoms with van der Waals surface area (Å²) in [7, 11) is 0. The van der Waals surface area contributed by atoms with Crippen LogP contribution in [-0.4, -0.2) is 48.4 Å². The van der Waals surface area contributed by atoms with Crippen LogP contribution in [0.2, 0.25) is 15.1 Å². The van der Waals surface area contributed by atoms with Crippen LogP contribution >= 0.6 is 34.8 Å². The van der Waals surface area contributed by atoms with Crippen molar-refractivity contribution in [2.75, 3.05) is 38.0 Å². The SMILES string of the molecule is O=C(CN1CCN(Cc2ccc(Cl)c(Cl)c2)CC1)Nc1ccc(F)c(Cl)c1. The largest absolute Gasteiger partial charge is 0.325 e. The van der Waals surface area contributed by atoms with Gasteiger partial charge in [0.05, 0.1) is 21.6 Å². The molecule has 0 aliphatic carbocycles. The Bertz CT molecular complexity index is 826. The number of anilines is 1. The predicted molar refractivity (Wildman–Crippen MR) is 108 cm³/mol. The maximum atomic E-state index is 13.2. The molecule has 27 heavy (non-hydrogen) atoms. The van der Waals surface area contributed by atoms with Crippen molar-refractivity contribution in [1.29, 1.82) is 0 Å². The van der Waals surface area contributed by atoms with E-state index in [0.29, 0.717) is 15.7 Å². The topological polar surface area (TPSA) is 35.6 Å². The molecule has 8 heteroatoms. The summed E-state index contributed by atoms with van der Waals surface area (Å²) >= 11 is 17.7. The van der Waals surface area contributed by atoms with Gasteiger partial charge in [0.1, 0.15) is 5.82 Å². The van der Waals surface area contributed by atoms with Crippen LogP contribution in [-0.2, 0) is 11.3 Å². The fourth-order valence-electron chi connectivity index (χ4n) is 2.98. The van der Waals surface area contributed by atoms with Crippen molar-refractivity contribution < 1.29 is 9.18 Å². The second kappa shape index (κ2) is 9.22. The highest BCUT2D eigenvalue weighted by molar-refractivity contribution is 6.42. The van der Waals surface area contributed by atoms with Crippen molar-refractivity contribution in [1.82, 2.24) is 9.80 Å². The normalized spacial score (nSPS) is 15.7. The molecule has 0 bridgehead atoms. The number of hydrogen-bond donors (Lipinski definition) is 1. The van der Waals surface area contributed by atoms with E-state index in [9.17, 15) is 9.18 Å². The third-order valence-corrected chi connectivity index (χ3v) is 5.45. The number of benzene rings is 2. The van der Waals surface area contributed by atoms with E-state index >= 15 is 0 Å². The number of nitrogens with one attached hydrogen (secondary N) is 1. The molecule has 144 valence electrons. The smallest absolute Gasteiger partial charge is 0.238 e. The lowest BCUT2D eigenvalue weighted by molar-refractivity contribution is -0.117. The number of carbonyl (C=O) groups is 1. The first-order valence-corrected chi connectivity index (χ1v) is 9.67. The van der Waals surface area contributed by atoms with Crippen LogP contribution in [0, 0.1) is 5.82 Å². The monoisotopic (exact) mass is 429 g/mol. The van der Waals surface area contributed by atoms with Gasteiger partial charge in [-0.2, -0.15) is 0 Å². The number of nitrogens with zero attached hydrogens (tertiary/aromatic N) is 2. The van der Waals surface area contributed by atoms with E-state index in [0.717, 1.165) is 38.3 Å². The summed E-state index contributed by atoms with van der Waals surface area (Å²) in [5.41, 5.74) is 1.61. The minimum Gasteiger partial charge on any atom is -0.325 e. The zero-order valence-corrected chi connectivity index (χ0v) is 16.8. The van der Waals surface area contributed by atoms with E-state index < -0.39 is 5.82 Å². The first kappa shape index (κ1) is 20.4. The van der Waals surface area contributed by atoms with Gasteiger partial charge in [-0.1, -0.05) is 40.9 Å². The van der Waals surface area contributed by atoms with Gasteiger partial charge in [0.25, 0.3) is 0 Å². The number of piperazine rings is 1. The minimum atomic E-state index is -0.507. The summed E-state index contributed by atoms with van der Waals surface area (Å²) in [6.45, 7) is 4.38. The van der Waals surface area contributed by atoms with Crippen LogP contribution in [0.4, 0.5) is 10.1 Å². The zero-order valence-electron chi connectivity index (χ0n) is 14.5. The molecule has 0 aromatic heterocycles. The Balaban J connectivity index is 1.45. The summed E-state index contributed by atoms with van der Waals surface area (Å²) in [5, 5.41) is 3.85. The highest BCUT2D eigenvalue weighted by Crippen LogP contribution is 2.23. The van der Waals surface area contributed by atoms with E-state index in [1.807, 2.05) is 18.2 Å². The van der Waals surface area contributed by atoms with Crippen LogP contribution in [0.15, 0.2) is 36.4 Å². The molecule has 1 fully saturated rings. The second-order valence-electron chi connectivity index (χ2n) is 6.48. The Morgan fingerprint density at radius 3 is 2.30 bits per heavy atom. The highest BCUT2D eigenvalue weighted by Gasteiger charge is 2.19. The van der Waals surface area contributed by atoms with Gasteiger partial charge in [-0.05, 0) is 35.9 Å². The Hall–Kier alpha value is -1.37. The summed E-state index contributed by atoms with van der Waals surface area (Å²) in [5.74, 6) is -0.650. The van der Waals surface area contributed by atoms with Crippen LogP contribution in [0.1, 0.15) is 5.56 Å². The van der Waals surface area contributed by atoms with Crippen molar-refractivity contribution in [2.45, 2.75) is 6.54 Å². The van der Waals surface area contributed by atoms with Crippen LogP contribution in [0.3, 0.4) is 0 Å². The number of carbonyl (C=O) groups excluding carboxylic acids is 1. The molecule has 1 saturated heterocycles. The van der Waals surface area contributed by atoms with Crippen LogP contribution < -0.4 is 5.32 Å². The lowest BCUT2D eigenvalue weighted by Crippen LogP contribution is -2.48.